The third-order valence-electron chi connectivity index (χ3n) is 4.05. The summed E-state index contributed by atoms with van der Waals surface area (Å²) in [5, 5.41) is 2.66. The number of aryl methyl sites for hydroxylation is 1. The lowest BCUT2D eigenvalue weighted by atomic mass is 10.2. The summed E-state index contributed by atoms with van der Waals surface area (Å²) in [5.74, 6) is -0.442. The molecule has 0 bridgehead atoms. The van der Waals surface area contributed by atoms with Gasteiger partial charge in [-0.25, -0.2) is 12.7 Å². The van der Waals surface area contributed by atoms with Crippen molar-refractivity contribution in [1.82, 2.24) is 18.8 Å². The number of sulfonamides is 1. The summed E-state index contributed by atoms with van der Waals surface area (Å²) < 4.78 is 28.2. The van der Waals surface area contributed by atoms with E-state index >= 15 is 0 Å². The van der Waals surface area contributed by atoms with E-state index in [2.05, 4.69) is 5.32 Å². The third kappa shape index (κ3) is 3.96. The number of benzene rings is 1. The van der Waals surface area contributed by atoms with Crippen molar-refractivity contribution in [3.05, 3.63) is 38.9 Å². The fourth-order valence-electron chi connectivity index (χ4n) is 2.75. The first-order valence-electron chi connectivity index (χ1n) is 8.50. The minimum Gasteiger partial charge on any atom is -0.352 e. The monoisotopic (exact) mass is 396 g/mol. The average molecular weight is 396 g/mol. The first-order valence-corrected chi connectivity index (χ1v) is 9.94. The largest absolute Gasteiger partial charge is 0.352 e. The van der Waals surface area contributed by atoms with Crippen LogP contribution in [0.5, 0.6) is 0 Å². The Morgan fingerprint density at radius 3 is 2.22 bits per heavy atom. The zero-order valence-electron chi connectivity index (χ0n) is 16.0. The van der Waals surface area contributed by atoms with Gasteiger partial charge in [-0.2, -0.15) is 0 Å². The van der Waals surface area contributed by atoms with Crippen molar-refractivity contribution in [3.63, 3.8) is 0 Å². The molecule has 9 nitrogen and oxygen atoms in total. The van der Waals surface area contributed by atoms with E-state index in [1.165, 1.54) is 36.9 Å². The van der Waals surface area contributed by atoms with Crippen molar-refractivity contribution in [2.45, 2.75) is 44.8 Å². The molecule has 2 aromatic rings. The summed E-state index contributed by atoms with van der Waals surface area (Å²) in [7, 11) is -0.948. The van der Waals surface area contributed by atoms with E-state index in [4.69, 9.17) is 0 Å². The normalized spacial score (nSPS) is 12.1. The molecule has 0 aliphatic carbocycles. The molecule has 0 saturated heterocycles. The zero-order valence-corrected chi connectivity index (χ0v) is 16.8. The Balaban J connectivity index is 2.83. The molecule has 10 heteroatoms. The van der Waals surface area contributed by atoms with E-state index in [0.29, 0.717) is 5.52 Å². The summed E-state index contributed by atoms with van der Waals surface area (Å²) in [6.07, 6.45) is 0. The van der Waals surface area contributed by atoms with Gasteiger partial charge in [-0.15, -0.1) is 0 Å². The molecule has 1 aromatic carbocycles. The standard InChI is InChI=1S/C17H24N4O5S/c1-6-20-13-8-7-12(27(25,26)19(4)5)9-14(13)21(17(24)16(20)23)10-15(22)18-11(2)3/h7-9,11H,6,10H2,1-5H3,(H,18,22). The summed E-state index contributed by atoms with van der Waals surface area (Å²) in [4.78, 5) is 37.1. The molecule has 0 unspecified atom stereocenters. The second-order valence-corrected chi connectivity index (χ2v) is 8.75. The summed E-state index contributed by atoms with van der Waals surface area (Å²) in [6.45, 7) is 5.12. The molecule has 2 rings (SSSR count). The van der Waals surface area contributed by atoms with Gasteiger partial charge in [-0.3, -0.25) is 19.0 Å². The molecule has 1 amide bonds. The van der Waals surface area contributed by atoms with Gasteiger partial charge in [0.05, 0.1) is 15.9 Å². The number of aromatic nitrogens is 2. The fraction of sp³-hybridized carbons (Fsp3) is 0.471. The van der Waals surface area contributed by atoms with Crippen molar-refractivity contribution in [2.75, 3.05) is 14.1 Å². The van der Waals surface area contributed by atoms with Gasteiger partial charge in [-0.05, 0) is 39.0 Å². The molecule has 1 aromatic heterocycles. The minimum absolute atomic E-state index is 0.0290. The number of amides is 1. The molecule has 148 valence electrons. The quantitative estimate of drug-likeness (QED) is 0.689. The molecule has 0 aliphatic heterocycles. The summed E-state index contributed by atoms with van der Waals surface area (Å²) in [5.41, 5.74) is -1.03. The number of carbonyl (C=O) groups is 1. The predicted molar refractivity (Wildman–Crippen MR) is 102 cm³/mol. The molecule has 0 atom stereocenters. The predicted octanol–water partition coefficient (Wildman–Crippen LogP) is -0.0420. The lowest BCUT2D eigenvalue weighted by Crippen LogP contribution is -2.44. The highest BCUT2D eigenvalue weighted by Crippen LogP contribution is 2.19. The van der Waals surface area contributed by atoms with Crippen LogP contribution in [0.15, 0.2) is 32.7 Å². The number of nitrogens with zero attached hydrogens (tertiary/aromatic N) is 3. The fourth-order valence-corrected chi connectivity index (χ4v) is 3.67. The molecular formula is C17H24N4O5S. The molecule has 0 spiro atoms. The third-order valence-corrected chi connectivity index (χ3v) is 5.86. The molecule has 1 heterocycles. The van der Waals surface area contributed by atoms with Crippen LogP contribution in [0, 0.1) is 0 Å². The van der Waals surface area contributed by atoms with Gasteiger partial charge in [0.25, 0.3) is 0 Å². The number of fused-ring (bicyclic) bond motifs is 1. The average Bonchev–Trinajstić information content (AvgIpc) is 2.58. The van der Waals surface area contributed by atoms with Crippen LogP contribution in [-0.2, 0) is 27.9 Å². The Hall–Kier alpha value is -2.46. The van der Waals surface area contributed by atoms with E-state index in [0.717, 1.165) is 8.87 Å². The smallest absolute Gasteiger partial charge is 0.317 e. The van der Waals surface area contributed by atoms with Gasteiger partial charge in [-0.1, -0.05) is 0 Å². The van der Waals surface area contributed by atoms with Crippen LogP contribution in [0.4, 0.5) is 0 Å². The van der Waals surface area contributed by atoms with Crippen LogP contribution in [0.2, 0.25) is 0 Å². The number of hydrogen-bond donors (Lipinski definition) is 1. The molecule has 27 heavy (non-hydrogen) atoms. The molecule has 0 radical (unpaired) electrons. The molecule has 0 aliphatic rings. The van der Waals surface area contributed by atoms with Gasteiger partial charge in [0.15, 0.2) is 0 Å². The van der Waals surface area contributed by atoms with Gasteiger partial charge in [0.1, 0.15) is 6.54 Å². The maximum atomic E-state index is 12.6. The Morgan fingerprint density at radius 2 is 1.70 bits per heavy atom. The first kappa shape index (κ1) is 20.8. The van der Waals surface area contributed by atoms with Gasteiger partial charge < -0.3 is 9.88 Å². The van der Waals surface area contributed by atoms with Gasteiger partial charge >= 0.3 is 11.1 Å². The maximum absolute atomic E-state index is 12.6. The van der Waals surface area contributed by atoms with Crippen molar-refractivity contribution in [3.8, 4) is 0 Å². The Labute approximate surface area is 157 Å². The summed E-state index contributed by atoms with van der Waals surface area (Å²) >= 11 is 0. The van der Waals surface area contributed by atoms with E-state index in [1.54, 1.807) is 20.8 Å². The van der Waals surface area contributed by atoms with Crippen LogP contribution in [0.1, 0.15) is 20.8 Å². The van der Waals surface area contributed by atoms with Crippen LogP contribution in [0.25, 0.3) is 11.0 Å². The molecule has 0 fully saturated rings. The minimum atomic E-state index is -3.75. The molecule has 0 saturated carbocycles. The number of hydrogen-bond acceptors (Lipinski definition) is 5. The zero-order chi connectivity index (χ0) is 20.5. The first-order chi connectivity index (χ1) is 12.5. The van der Waals surface area contributed by atoms with Crippen LogP contribution in [0.3, 0.4) is 0 Å². The SMILES string of the molecule is CCn1c(=O)c(=O)n(CC(=O)NC(C)C)c2cc(S(=O)(=O)N(C)C)ccc21. The number of rotatable bonds is 6. The highest BCUT2D eigenvalue weighted by Gasteiger charge is 2.21. The Morgan fingerprint density at radius 1 is 1.11 bits per heavy atom. The van der Waals surface area contributed by atoms with Crippen molar-refractivity contribution < 1.29 is 13.2 Å². The van der Waals surface area contributed by atoms with Crippen molar-refractivity contribution >= 4 is 27.0 Å². The van der Waals surface area contributed by atoms with Crippen molar-refractivity contribution in [2.24, 2.45) is 0 Å². The van der Waals surface area contributed by atoms with Crippen molar-refractivity contribution in [1.29, 1.82) is 0 Å². The number of nitrogens with one attached hydrogen (secondary N) is 1. The second kappa shape index (κ2) is 7.65. The van der Waals surface area contributed by atoms with Crippen LogP contribution in [-0.4, -0.2) is 47.9 Å². The van der Waals surface area contributed by atoms with E-state index in [-0.39, 0.29) is 29.5 Å². The van der Waals surface area contributed by atoms with Crippen LogP contribution >= 0.6 is 0 Å². The maximum Gasteiger partial charge on any atom is 0.317 e. The van der Waals surface area contributed by atoms with Gasteiger partial charge in [0, 0.05) is 26.7 Å². The topological polar surface area (TPSA) is 110 Å². The lowest BCUT2D eigenvalue weighted by molar-refractivity contribution is -0.122. The Kier molecular flexibility index (Phi) is 5.91. The summed E-state index contributed by atoms with van der Waals surface area (Å²) in [6, 6.07) is 4.04. The van der Waals surface area contributed by atoms with Crippen LogP contribution < -0.4 is 16.4 Å². The molecule has 1 N–H and O–H groups in total. The van der Waals surface area contributed by atoms with Gasteiger partial charge in [0.2, 0.25) is 15.9 Å². The van der Waals surface area contributed by atoms with E-state index in [9.17, 15) is 22.8 Å². The van der Waals surface area contributed by atoms with E-state index < -0.39 is 27.0 Å². The lowest BCUT2D eigenvalue weighted by Gasteiger charge is -2.17. The Bertz CT molecular complexity index is 1100. The molecular weight excluding hydrogens is 372 g/mol. The number of carbonyl (C=O) groups excluding carboxylic acids is 1. The second-order valence-electron chi connectivity index (χ2n) is 6.60. The highest BCUT2D eigenvalue weighted by atomic mass is 32.2. The highest BCUT2D eigenvalue weighted by molar-refractivity contribution is 7.89. The van der Waals surface area contributed by atoms with E-state index in [1.807, 2.05) is 0 Å².